The van der Waals surface area contributed by atoms with Crippen LogP contribution < -0.4 is 16.4 Å². The van der Waals surface area contributed by atoms with Crippen LogP contribution >= 0.6 is 0 Å². The Morgan fingerprint density at radius 1 is 1.11 bits per heavy atom. The number of amides is 1. The van der Waals surface area contributed by atoms with Gasteiger partial charge in [-0.1, -0.05) is 12.1 Å². The van der Waals surface area contributed by atoms with E-state index in [0.717, 1.165) is 46.6 Å². The van der Waals surface area contributed by atoms with E-state index >= 15 is 0 Å². The highest BCUT2D eigenvalue weighted by Gasteiger charge is 2.23. The van der Waals surface area contributed by atoms with E-state index in [0.29, 0.717) is 24.2 Å². The molecule has 1 aromatic carbocycles. The fourth-order valence-corrected chi connectivity index (χ4v) is 3.76. The van der Waals surface area contributed by atoms with Crippen molar-refractivity contribution in [2.75, 3.05) is 11.1 Å². The topological polar surface area (TPSA) is 120 Å². The van der Waals surface area contributed by atoms with E-state index in [2.05, 4.69) is 15.6 Å². The fraction of sp³-hybridized carbons (Fsp3) is 0.308. The molecule has 0 spiro atoms. The summed E-state index contributed by atoms with van der Waals surface area (Å²) in [4.78, 5) is 26.0. The Morgan fingerprint density at radius 3 is 2.57 bits per heavy atom. The molecule has 3 heterocycles. The normalized spacial score (nSPS) is 13.6. The molecule has 4 N–H and O–H groups in total. The van der Waals surface area contributed by atoms with Crippen molar-refractivity contribution in [2.45, 2.75) is 51.8 Å². The van der Waals surface area contributed by atoms with E-state index in [9.17, 15) is 4.79 Å². The van der Waals surface area contributed by atoms with E-state index in [1.54, 1.807) is 6.20 Å². The lowest BCUT2D eigenvalue weighted by molar-refractivity contribution is 0.0523. The Hall–Kier alpha value is -4.14. The molecule has 0 bridgehead atoms. The molecule has 1 aliphatic rings. The average Bonchev–Trinajstić information content (AvgIpc) is 3.55. The molecule has 0 aliphatic heterocycles. The van der Waals surface area contributed by atoms with Gasteiger partial charge >= 0.3 is 6.09 Å². The van der Waals surface area contributed by atoms with Crippen LogP contribution in [0.3, 0.4) is 0 Å². The van der Waals surface area contributed by atoms with E-state index in [-0.39, 0.29) is 0 Å². The van der Waals surface area contributed by atoms with E-state index < -0.39 is 11.7 Å². The van der Waals surface area contributed by atoms with Crippen LogP contribution in [0.15, 0.2) is 54.7 Å². The Labute approximate surface area is 203 Å². The van der Waals surface area contributed by atoms with E-state index in [1.807, 2.05) is 73.9 Å². The molecule has 9 nitrogen and oxygen atoms in total. The second-order valence-corrected chi connectivity index (χ2v) is 9.69. The van der Waals surface area contributed by atoms with Gasteiger partial charge < -0.3 is 21.1 Å². The molecule has 1 fully saturated rings. The van der Waals surface area contributed by atoms with Crippen molar-refractivity contribution in [3.8, 4) is 17.1 Å². The number of anilines is 2. The number of imidazole rings is 1. The number of pyridine rings is 2. The van der Waals surface area contributed by atoms with Crippen molar-refractivity contribution in [2.24, 2.45) is 0 Å². The van der Waals surface area contributed by atoms with Crippen molar-refractivity contribution < 1.29 is 9.53 Å². The Morgan fingerprint density at radius 2 is 1.89 bits per heavy atom. The Balaban J connectivity index is 1.49. The summed E-state index contributed by atoms with van der Waals surface area (Å²) < 4.78 is 7.31. The quantitative estimate of drug-likeness (QED) is 0.374. The number of carbonyl (C=O) groups excluding carboxylic acids is 1. The molecular weight excluding hydrogens is 442 g/mol. The second kappa shape index (κ2) is 8.90. The third kappa shape index (κ3) is 5.18. The summed E-state index contributed by atoms with van der Waals surface area (Å²) in [5, 5.41) is 6.25. The highest BCUT2D eigenvalue weighted by molar-refractivity contribution is 5.83. The minimum Gasteiger partial charge on any atom is -0.444 e. The minimum absolute atomic E-state index is 0.357. The van der Waals surface area contributed by atoms with E-state index in [4.69, 9.17) is 20.4 Å². The van der Waals surface area contributed by atoms with Crippen LogP contribution in [-0.2, 0) is 11.3 Å². The van der Waals surface area contributed by atoms with Gasteiger partial charge in [-0.2, -0.15) is 0 Å². The number of hydrogen-bond acceptors (Lipinski definition) is 7. The molecule has 5 rings (SSSR count). The number of carbonyl (C=O) groups is 1. The zero-order valence-electron chi connectivity index (χ0n) is 20.1. The molecule has 1 saturated carbocycles. The number of ether oxygens (including phenoxy) is 1. The summed E-state index contributed by atoms with van der Waals surface area (Å²) in [6, 6.07) is 16.0. The summed E-state index contributed by atoms with van der Waals surface area (Å²) in [7, 11) is 0. The molecular formula is C26H29N7O2. The van der Waals surface area contributed by atoms with Gasteiger partial charge in [0, 0.05) is 24.5 Å². The van der Waals surface area contributed by atoms with Gasteiger partial charge in [0.15, 0.2) is 11.5 Å². The predicted molar refractivity (Wildman–Crippen MR) is 136 cm³/mol. The van der Waals surface area contributed by atoms with Crippen LogP contribution in [0.1, 0.15) is 39.2 Å². The third-order valence-electron chi connectivity index (χ3n) is 5.54. The van der Waals surface area contributed by atoms with Crippen molar-refractivity contribution in [3.05, 3.63) is 60.3 Å². The molecule has 4 aromatic rings. The van der Waals surface area contributed by atoms with Crippen LogP contribution in [0.4, 0.5) is 16.4 Å². The van der Waals surface area contributed by atoms with Crippen LogP contribution in [0.2, 0.25) is 0 Å². The number of nitrogens with two attached hydrogens (primary N) is 1. The number of fused-ring (bicyclic) bond motifs is 1. The molecule has 35 heavy (non-hydrogen) atoms. The molecule has 9 heteroatoms. The molecule has 0 unspecified atom stereocenters. The lowest BCUT2D eigenvalue weighted by Gasteiger charge is -2.19. The molecule has 3 aromatic heterocycles. The van der Waals surface area contributed by atoms with Crippen LogP contribution in [0.5, 0.6) is 0 Å². The second-order valence-electron chi connectivity index (χ2n) is 9.69. The SMILES string of the molecule is CC(C)(C)OC(=O)NCc1ccc(-n2c(-c3cccnc3N)nc3ccc(NC4CC4)nc32)cc1. The monoisotopic (exact) mass is 471 g/mol. The largest absolute Gasteiger partial charge is 0.444 e. The lowest BCUT2D eigenvalue weighted by Crippen LogP contribution is -2.32. The minimum atomic E-state index is -0.540. The first-order valence-corrected chi connectivity index (χ1v) is 11.7. The van der Waals surface area contributed by atoms with Gasteiger partial charge in [-0.25, -0.2) is 19.7 Å². The Kier molecular flexibility index (Phi) is 5.76. The van der Waals surface area contributed by atoms with Crippen LogP contribution in [-0.4, -0.2) is 37.3 Å². The number of hydrogen-bond donors (Lipinski definition) is 3. The highest BCUT2D eigenvalue weighted by Crippen LogP contribution is 2.32. The van der Waals surface area contributed by atoms with Crippen molar-refractivity contribution in [1.29, 1.82) is 0 Å². The first-order valence-electron chi connectivity index (χ1n) is 11.7. The number of benzene rings is 1. The fourth-order valence-electron chi connectivity index (χ4n) is 3.76. The number of alkyl carbamates (subject to hydrolysis) is 1. The molecule has 1 aliphatic carbocycles. The van der Waals surface area contributed by atoms with E-state index in [1.165, 1.54) is 0 Å². The van der Waals surface area contributed by atoms with Crippen molar-refractivity contribution >= 4 is 28.9 Å². The average molecular weight is 472 g/mol. The predicted octanol–water partition coefficient (Wildman–Crippen LogP) is 4.66. The maximum atomic E-state index is 12.0. The smallest absolute Gasteiger partial charge is 0.407 e. The van der Waals surface area contributed by atoms with Gasteiger partial charge in [0.25, 0.3) is 0 Å². The molecule has 0 saturated heterocycles. The van der Waals surface area contributed by atoms with Gasteiger partial charge in [0.05, 0.1) is 5.56 Å². The van der Waals surface area contributed by atoms with Crippen LogP contribution in [0, 0.1) is 0 Å². The van der Waals surface area contributed by atoms with Crippen molar-refractivity contribution in [1.82, 2.24) is 24.8 Å². The maximum absolute atomic E-state index is 12.0. The summed E-state index contributed by atoms with van der Waals surface area (Å²) in [6.45, 7) is 5.87. The van der Waals surface area contributed by atoms with Crippen molar-refractivity contribution in [3.63, 3.8) is 0 Å². The molecule has 0 radical (unpaired) electrons. The highest BCUT2D eigenvalue weighted by atomic mass is 16.6. The summed E-state index contributed by atoms with van der Waals surface area (Å²) >= 11 is 0. The summed E-state index contributed by atoms with van der Waals surface area (Å²) in [6.07, 6.45) is 3.54. The number of aromatic nitrogens is 4. The van der Waals surface area contributed by atoms with Gasteiger partial charge in [-0.05, 0) is 75.6 Å². The number of nitrogen functional groups attached to an aromatic ring is 1. The Bertz CT molecular complexity index is 1370. The lowest BCUT2D eigenvalue weighted by atomic mass is 10.2. The standard InChI is InChI=1S/C26H29N7O2/c1-26(2,3)35-25(34)29-15-16-6-10-18(11-7-16)33-23(19-5-4-14-28-22(19)27)31-20-12-13-21(32-24(20)33)30-17-8-9-17/h4-7,10-14,17H,8-9,15H2,1-3H3,(H2,27,28)(H,29,34)(H,30,32). The first-order chi connectivity index (χ1) is 16.8. The molecule has 0 atom stereocenters. The summed E-state index contributed by atoms with van der Waals surface area (Å²) in [5.41, 5.74) is 9.72. The maximum Gasteiger partial charge on any atom is 0.407 e. The van der Waals surface area contributed by atoms with Gasteiger partial charge in [0.2, 0.25) is 0 Å². The molecule has 180 valence electrons. The zero-order valence-corrected chi connectivity index (χ0v) is 20.1. The van der Waals surface area contributed by atoms with Crippen LogP contribution in [0.25, 0.3) is 28.2 Å². The van der Waals surface area contributed by atoms with Gasteiger partial charge in [0.1, 0.15) is 22.8 Å². The number of rotatable bonds is 6. The number of nitrogens with one attached hydrogen (secondary N) is 2. The summed E-state index contributed by atoms with van der Waals surface area (Å²) in [5.74, 6) is 1.89. The first kappa shape index (κ1) is 22.6. The zero-order chi connectivity index (χ0) is 24.6. The molecule has 1 amide bonds. The van der Waals surface area contributed by atoms with Gasteiger partial charge in [-0.3, -0.25) is 4.57 Å². The third-order valence-corrected chi connectivity index (χ3v) is 5.54. The number of nitrogens with zero attached hydrogens (tertiary/aromatic N) is 4. The van der Waals surface area contributed by atoms with Gasteiger partial charge in [-0.15, -0.1) is 0 Å².